The van der Waals surface area contributed by atoms with Gasteiger partial charge in [-0.15, -0.1) is 0 Å². The molecule has 0 aliphatic heterocycles. The van der Waals surface area contributed by atoms with Crippen molar-refractivity contribution < 1.29 is 9.53 Å². The zero-order valence-corrected chi connectivity index (χ0v) is 12.3. The lowest BCUT2D eigenvalue weighted by molar-refractivity contribution is -0.122. The van der Waals surface area contributed by atoms with E-state index in [0.717, 1.165) is 24.0 Å². The van der Waals surface area contributed by atoms with Crippen LogP contribution in [-0.2, 0) is 11.3 Å². The number of rotatable bonds is 7. The van der Waals surface area contributed by atoms with Crippen molar-refractivity contribution in [3.63, 3.8) is 0 Å². The largest absolute Gasteiger partial charge is 0.483 e. The first-order valence-corrected chi connectivity index (χ1v) is 6.79. The van der Waals surface area contributed by atoms with E-state index in [9.17, 15) is 4.79 Å². The molecule has 0 saturated carbocycles. The van der Waals surface area contributed by atoms with Gasteiger partial charge in [0.15, 0.2) is 6.61 Å². The Hall–Kier alpha value is -1.07. The number of carbonyl (C=O) groups is 1. The van der Waals surface area contributed by atoms with Crippen molar-refractivity contribution >= 4 is 21.8 Å². The van der Waals surface area contributed by atoms with Crippen LogP contribution in [0.4, 0.5) is 0 Å². The van der Waals surface area contributed by atoms with E-state index in [1.165, 1.54) is 5.56 Å². The highest BCUT2D eigenvalue weighted by Crippen LogP contribution is 2.25. The molecule has 0 radical (unpaired) electrons. The number of benzene rings is 1. The van der Waals surface area contributed by atoms with Gasteiger partial charge in [0.25, 0.3) is 5.91 Å². The summed E-state index contributed by atoms with van der Waals surface area (Å²) in [6, 6.07) is 5.87. The van der Waals surface area contributed by atoms with E-state index in [0.29, 0.717) is 5.75 Å². The topological polar surface area (TPSA) is 50.4 Å². The summed E-state index contributed by atoms with van der Waals surface area (Å²) >= 11 is 3.44. The van der Waals surface area contributed by atoms with Crippen LogP contribution in [0.5, 0.6) is 5.75 Å². The Bertz CT molecular complexity index is 397. The lowest BCUT2D eigenvalue weighted by Gasteiger charge is -2.09. The van der Waals surface area contributed by atoms with Gasteiger partial charge in [-0.3, -0.25) is 4.79 Å². The van der Waals surface area contributed by atoms with Crippen molar-refractivity contribution in [3.05, 3.63) is 28.2 Å². The van der Waals surface area contributed by atoms with E-state index < -0.39 is 0 Å². The second-order valence-electron chi connectivity index (χ2n) is 3.90. The van der Waals surface area contributed by atoms with E-state index >= 15 is 0 Å². The quantitative estimate of drug-likeness (QED) is 0.758. The normalized spacial score (nSPS) is 10.2. The van der Waals surface area contributed by atoms with E-state index in [1.54, 1.807) is 7.05 Å². The molecule has 0 bridgehead atoms. The molecule has 1 aromatic rings. The van der Waals surface area contributed by atoms with Gasteiger partial charge in [0.2, 0.25) is 0 Å². The molecule has 0 fully saturated rings. The number of hydrogen-bond acceptors (Lipinski definition) is 3. The maximum atomic E-state index is 11.1. The Labute approximate surface area is 116 Å². The van der Waals surface area contributed by atoms with Gasteiger partial charge in [-0.1, -0.05) is 13.0 Å². The summed E-state index contributed by atoms with van der Waals surface area (Å²) in [5.74, 6) is 0.536. The molecular weight excluding hydrogens is 296 g/mol. The Morgan fingerprint density at radius 3 is 2.83 bits per heavy atom. The Morgan fingerprint density at radius 1 is 1.44 bits per heavy atom. The van der Waals surface area contributed by atoms with Gasteiger partial charge in [0, 0.05) is 13.6 Å². The minimum atomic E-state index is -0.143. The van der Waals surface area contributed by atoms with Crippen molar-refractivity contribution in [3.8, 4) is 5.75 Å². The van der Waals surface area contributed by atoms with Crippen molar-refractivity contribution in [1.82, 2.24) is 10.6 Å². The van der Waals surface area contributed by atoms with Crippen molar-refractivity contribution in [2.45, 2.75) is 19.9 Å². The van der Waals surface area contributed by atoms with Crippen LogP contribution in [0, 0.1) is 0 Å². The molecule has 0 heterocycles. The number of halogens is 1. The number of carbonyl (C=O) groups excluding carboxylic acids is 1. The summed E-state index contributed by atoms with van der Waals surface area (Å²) in [6.45, 7) is 4.01. The molecule has 18 heavy (non-hydrogen) atoms. The third kappa shape index (κ3) is 5.06. The molecule has 0 aromatic heterocycles. The molecule has 1 rings (SSSR count). The van der Waals surface area contributed by atoms with Crippen LogP contribution in [-0.4, -0.2) is 26.1 Å². The molecular formula is C13H19BrN2O2. The van der Waals surface area contributed by atoms with Gasteiger partial charge in [0.1, 0.15) is 5.75 Å². The van der Waals surface area contributed by atoms with Crippen LogP contribution in [0.25, 0.3) is 0 Å². The predicted molar refractivity (Wildman–Crippen MR) is 75.7 cm³/mol. The molecule has 0 spiro atoms. The molecule has 0 unspecified atom stereocenters. The monoisotopic (exact) mass is 314 g/mol. The fraction of sp³-hybridized carbons (Fsp3) is 0.462. The second-order valence-corrected chi connectivity index (χ2v) is 4.76. The zero-order chi connectivity index (χ0) is 13.4. The lowest BCUT2D eigenvalue weighted by Crippen LogP contribution is -2.24. The number of amides is 1. The molecule has 4 nitrogen and oxygen atoms in total. The predicted octanol–water partition coefficient (Wildman–Crippen LogP) is 2.07. The number of nitrogens with one attached hydrogen (secondary N) is 2. The van der Waals surface area contributed by atoms with Gasteiger partial charge in [-0.2, -0.15) is 0 Å². The number of hydrogen-bond donors (Lipinski definition) is 2. The second kappa shape index (κ2) is 8.11. The molecule has 0 aliphatic carbocycles. The van der Waals surface area contributed by atoms with Crippen LogP contribution in [0.15, 0.2) is 22.7 Å². The Morgan fingerprint density at radius 2 is 2.22 bits per heavy atom. The van der Waals surface area contributed by atoms with Gasteiger partial charge >= 0.3 is 0 Å². The molecule has 5 heteroatoms. The molecule has 2 N–H and O–H groups in total. The van der Waals surface area contributed by atoms with Gasteiger partial charge in [-0.05, 0) is 46.6 Å². The average Bonchev–Trinajstić information content (AvgIpc) is 2.37. The molecule has 100 valence electrons. The molecule has 0 atom stereocenters. The summed E-state index contributed by atoms with van der Waals surface area (Å²) in [7, 11) is 1.59. The summed E-state index contributed by atoms with van der Waals surface area (Å²) < 4.78 is 6.25. The van der Waals surface area contributed by atoms with Crippen LogP contribution >= 0.6 is 15.9 Å². The zero-order valence-electron chi connectivity index (χ0n) is 10.8. The fourth-order valence-corrected chi connectivity index (χ4v) is 1.94. The molecule has 1 amide bonds. The first kappa shape index (κ1) is 15.0. The first-order valence-electron chi connectivity index (χ1n) is 6.00. The van der Waals surface area contributed by atoms with Gasteiger partial charge in [0.05, 0.1) is 4.47 Å². The lowest BCUT2D eigenvalue weighted by atomic mass is 10.2. The van der Waals surface area contributed by atoms with E-state index in [4.69, 9.17) is 4.74 Å². The number of ether oxygens (including phenoxy) is 1. The molecule has 1 aromatic carbocycles. The van der Waals surface area contributed by atoms with Gasteiger partial charge < -0.3 is 15.4 Å². The first-order chi connectivity index (χ1) is 8.67. The molecule has 0 aliphatic rings. The third-order valence-corrected chi connectivity index (χ3v) is 3.01. The fourth-order valence-electron chi connectivity index (χ4n) is 1.40. The van der Waals surface area contributed by atoms with Gasteiger partial charge in [-0.25, -0.2) is 0 Å². The van der Waals surface area contributed by atoms with Crippen LogP contribution in [0.3, 0.4) is 0 Å². The summed E-state index contributed by atoms with van der Waals surface area (Å²) in [5.41, 5.74) is 1.18. The Balaban J connectivity index is 2.53. The summed E-state index contributed by atoms with van der Waals surface area (Å²) in [6.07, 6.45) is 1.12. The number of likely N-dealkylation sites (N-methyl/N-ethyl adjacent to an activating group) is 1. The minimum Gasteiger partial charge on any atom is -0.483 e. The van der Waals surface area contributed by atoms with E-state index in [-0.39, 0.29) is 12.5 Å². The highest BCUT2D eigenvalue weighted by Gasteiger charge is 2.05. The smallest absolute Gasteiger partial charge is 0.257 e. The summed E-state index contributed by atoms with van der Waals surface area (Å²) in [5, 5.41) is 5.84. The standard InChI is InChI=1S/C13H19BrN2O2/c1-3-6-16-8-10-4-5-12(11(14)7-10)18-9-13(17)15-2/h4-5,7,16H,3,6,8-9H2,1-2H3,(H,15,17). The SMILES string of the molecule is CCCNCc1ccc(OCC(=O)NC)c(Br)c1. The third-order valence-electron chi connectivity index (χ3n) is 2.39. The van der Waals surface area contributed by atoms with Crippen molar-refractivity contribution in [2.75, 3.05) is 20.2 Å². The highest BCUT2D eigenvalue weighted by molar-refractivity contribution is 9.10. The van der Waals surface area contributed by atoms with Crippen LogP contribution < -0.4 is 15.4 Å². The maximum Gasteiger partial charge on any atom is 0.257 e. The summed E-state index contributed by atoms with van der Waals surface area (Å²) in [4.78, 5) is 11.1. The van der Waals surface area contributed by atoms with E-state index in [1.807, 2.05) is 18.2 Å². The van der Waals surface area contributed by atoms with E-state index in [2.05, 4.69) is 33.5 Å². The van der Waals surface area contributed by atoms with Crippen molar-refractivity contribution in [2.24, 2.45) is 0 Å². The highest BCUT2D eigenvalue weighted by atomic mass is 79.9. The Kier molecular flexibility index (Phi) is 6.75. The van der Waals surface area contributed by atoms with Crippen LogP contribution in [0.2, 0.25) is 0 Å². The van der Waals surface area contributed by atoms with Crippen LogP contribution in [0.1, 0.15) is 18.9 Å². The maximum absolute atomic E-state index is 11.1. The van der Waals surface area contributed by atoms with Crippen molar-refractivity contribution in [1.29, 1.82) is 0 Å². The minimum absolute atomic E-state index is 0.0303. The molecule has 0 saturated heterocycles. The average molecular weight is 315 g/mol.